The molecule has 0 bridgehead atoms. The van der Waals surface area contributed by atoms with Crippen molar-refractivity contribution in [1.29, 1.82) is 0 Å². The smallest absolute Gasteiger partial charge is 0.276 e. The highest BCUT2D eigenvalue weighted by Gasteiger charge is 2.38. The molecule has 2 aromatic heterocycles. The number of aliphatic hydroxyl groups is 1. The van der Waals surface area contributed by atoms with Crippen molar-refractivity contribution in [3.05, 3.63) is 66.4 Å². The monoisotopic (exact) mass is 350 g/mol. The zero-order chi connectivity index (χ0) is 18.1. The molecule has 7 heteroatoms. The van der Waals surface area contributed by atoms with Gasteiger partial charge in [-0.2, -0.15) is 0 Å². The molecule has 2 atom stereocenters. The van der Waals surface area contributed by atoms with Gasteiger partial charge in [-0.15, -0.1) is 0 Å². The number of oxazole rings is 1. The Balaban J connectivity index is 1.43. The third kappa shape index (κ3) is 3.09. The number of rotatable bonds is 4. The molecule has 1 aliphatic rings. The summed E-state index contributed by atoms with van der Waals surface area (Å²) in [6.45, 7) is 2.13. The fourth-order valence-electron chi connectivity index (χ4n) is 2.86. The topological polar surface area (TPSA) is 92.3 Å². The molecule has 1 aromatic carbocycles. The van der Waals surface area contributed by atoms with Crippen LogP contribution in [0.3, 0.4) is 0 Å². The first kappa shape index (κ1) is 16.4. The zero-order valence-electron chi connectivity index (χ0n) is 14.2. The van der Waals surface area contributed by atoms with Gasteiger partial charge in [-0.05, 0) is 12.5 Å². The average Bonchev–Trinajstić information content (AvgIpc) is 3.15. The Bertz CT molecular complexity index is 908. The van der Waals surface area contributed by atoms with Crippen LogP contribution in [0, 0.1) is 0 Å². The summed E-state index contributed by atoms with van der Waals surface area (Å²) in [7, 11) is 0. The van der Waals surface area contributed by atoms with Crippen molar-refractivity contribution in [2.75, 3.05) is 6.54 Å². The number of benzene rings is 1. The van der Waals surface area contributed by atoms with Crippen LogP contribution in [0.5, 0.6) is 0 Å². The number of aliphatic hydroxyl groups excluding tert-OH is 1. The minimum atomic E-state index is -0.471. The Kier molecular flexibility index (Phi) is 4.22. The standard InChI is InChI=1S/C19H18N4O3/c1-12-16(24)10-23(12)19(25)15-11-26-18(22-15)7-17-20-8-14(9-21-17)13-5-3-2-4-6-13/h2-6,8-9,11-12,16,24H,7,10H2,1H3/t12-,16-/m0/s1. The van der Waals surface area contributed by atoms with Gasteiger partial charge < -0.3 is 14.4 Å². The number of amides is 1. The second kappa shape index (κ2) is 6.68. The molecular weight excluding hydrogens is 332 g/mol. The van der Waals surface area contributed by atoms with Crippen LogP contribution in [0.4, 0.5) is 0 Å². The SMILES string of the molecule is C[C@H]1[C@@H](O)CN1C(=O)c1coc(Cc2ncc(-c3ccccc3)cn2)n1. The molecule has 7 nitrogen and oxygen atoms in total. The van der Waals surface area contributed by atoms with Crippen molar-refractivity contribution in [3.8, 4) is 11.1 Å². The molecule has 26 heavy (non-hydrogen) atoms. The summed E-state index contributed by atoms with van der Waals surface area (Å²) >= 11 is 0. The molecule has 1 aliphatic heterocycles. The Morgan fingerprint density at radius 2 is 1.96 bits per heavy atom. The van der Waals surface area contributed by atoms with Gasteiger partial charge in [0.15, 0.2) is 5.69 Å². The van der Waals surface area contributed by atoms with Gasteiger partial charge in [-0.1, -0.05) is 30.3 Å². The number of likely N-dealkylation sites (tertiary alicyclic amines) is 1. The normalized spacial score (nSPS) is 19.2. The summed E-state index contributed by atoms with van der Waals surface area (Å²) in [4.78, 5) is 26.8. The van der Waals surface area contributed by atoms with E-state index in [1.807, 2.05) is 30.3 Å². The van der Waals surface area contributed by atoms with Gasteiger partial charge in [0.2, 0.25) is 5.89 Å². The molecular formula is C19H18N4O3. The van der Waals surface area contributed by atoms with E-state index in [4.69, 9.17) is 4.42 Å². The number of aromatic nitrogens is 3. The van der Waals surface area contributed by atoms with Crippen LogP contribution in [0.15, 0.2) is 53.4 Å². The van der Waals surface area contributed by atoms with E-state index in [1.165, 1.54) is 6.26 Å². The Hall–Kier alpha value is -3.06. The number of carbonyl (C=O) groups is 1. The lowest BCUT2D eigenvalue weighted by atomic mass is 10.0. The van der Waals surface area contributed by atoms with E-state index in [0.29, 0.717) is 24.7 Å². The molecule has 1 saturated heterocycles. The number of hydrogen-bond donors (Lipinski definition) is 1. The Morgan fingerprint density at radius 1 is 1.23 bits per heavy atom. The predicted octanol–water partition coefficient (Wildman–Crippen LogP) is 1.93. The maximum Gasteiger partial charge on any atom is 0.276 e. The molecule has 0 spiro atoms. The Morgan fingerprint density at radius 3 is 2.62 bits per heavy atom. The molecule has 3 aromatic rings. The van der Waals surface area contributed by atoms with Gasteiger partial charge in [0.05, 0.1) is 18.6 Å². The van der Waals surface area contributed by atoms with E-state index in [1.54, 1.807) is 24.2 Å². The quantitative estimate of drug-likeness (QED) is 0.773. The van der Waals surface area contributed by atoms with Crippen LogP contribution in [0.2, 0.25) is 0 Å². The summed E-state index contributed by atoms with van der Waals surface area (Å²) in [5.41, 5.74) is 2.22. The molecule has 1 amide bonds. The van der Waals surface area contributed by atoms with Crippen LogP contribution in [-0.4, -0.2) is 49.6 Å². The van der Waals surface area contributed by atoms with Gasteiger partial charge >= 0.3 is 0 Å². The lowest BCUT2D eigenvalue weighted by Gasteiger charge is -2.42. The van der Waals surface area contributed by atoms with Gasteiger partial charge in [0, 0.05) is 24.5 Å². The molecule has 0 saturated carbocycles. The van der Waals surface area contributed by atoms with Gasteiger partial charge in [0.1, 0.15) is 12.1 Å². The highest BCUT2D eigenvalue weighted by molar-refractivity contribution is 5.92. The minimum Gasteiger partial charge on any atom is -0.448 e. The third-order valence-electron chi connectivity index (χ3n) is 4.59. The van der Waals surface area contributed by atoms with Gasteiger partial charge in [-0.25, -0.2) is 15.0 Å². The lowest BCUT2D eigenvalue weighted by Crippen LogP contribution is -2.60. The number of hydrogen-bond acceptors (Lipinski definition) is 6. The van der Waals surface area contributed by atoms with E-state index in [0.717, 1.165) is 11.1 Å². The first-order valence-corrected chi connectivity index (χ1v) is 8.41. The van der Waals surface area contributed by atoms with E-state index in [9.17, 15) is 9.90 Å². The molecule has 4 rings (SSSR count). The van der Waals surface area contributed by atoms with E-state index < -0.39 is 6.10 Å². The summed E-state index contributed by atoms with van der Waals surface area (Å²) < 4.78 is 5.38. The van der Waals surface area contributed by atoms with Crippen molar-refractivity contribution in [1.82, 2.24) is 19.9 Å². The number of β-amino-alcohol motifs (C(OH)–C–C–N with tert-alkyl or cyclic N) is 1. The van der Waals surface area contributed by atoms with Crippen molar-refractivity contribution in [2.45, 2.75) is 25.5 Å². The van der Waals surface area contributed by atoms with Crippen LogP contribution in [0.1, 0.15) is 29.1 Å². The van der Waals surface area contributed by atoms with Crippen molar-refractivity contribution in [3.63, 3.8) is 0 Å². The highest BCUT2D eigenvalue weighted by atomic mass is 16.3. The van der Waals surface area contributed by atoms with Crippen LogP contribution in [0.25, 0.3) is 11.1 Å². The van der Waals surface area contributed by atoms with E-state index >= 15 is 0 Å². The second-order valence-corrected chi connectivity index (χ2v) is 6.32. The highest BCUT2D eigenvalue weighted by Crippen LogP contribution is 2.21. The summed E-state index contributed by atoms with van der Waals surface area (Å²) in [5.74, 6) is 0.714. The number of carbonyl (C=O) groups excluding carboxylic acids is 1. The van der Waals surface area contributed by atoms with Gasteiger partial charge in [0.25, 0.3) is 5.91 Å². The van der Waals surface area contributed by atoms with Crippen molar-refractivity contribution >= 4 is 5.91 Å². The summed E-state index contributed by atoms with van der Waals surface area (Å²) in [6, 6.07) is 9.69. The van der Waals surface area contributed by atoms with Gasteiger partial charge in [-0.3, -0.25) is 4.79 Å². The molecule has 1 fully saturated rings. The van der Waals surface area contributed by atoms with E-state index in [2.05, 4.69) is 15.0 Å². The molecule has 3 heterocycles. The first-order chi connectivity index (χ1) is 12.6. The van der Waals surface area contributed by atoms with E-state index in [-0.39, 0.29) is 17.6 Å². The first-order valence-electron chi connectivity index (χ1n) is 8.41. The molecule has 0 aliphatic carbocycles. The van der Waals surface area contributed by atoms with Crippen molar-refractivity contribution in [2.24, 2.45) is 0 Å². The maximum atomic E-state index is 12.3. The fourth-order valence-corrected chi connectivity index (χ4v) is 2.86. The summed E-state index contributed by atoms with van der Waals surface area (Å²) in [6.07, 6.45) is 4.70. The van der Waals surface area contributed by atoms with Crippen molar-refractivity contribution < 1.29 is 14.3 Å². The molecule has 132 valence electrons. The molecule has 0 radical (unpaired) electrons. The largest absolute Gasteiger partial charge is 0.448 e. The fraction of sp³-hybridized carbons (Fsp3) is 0.263. The molecule has 1 N–H and O–H groups in total. The zero-order valence-corrected chi connectivity index (χ0v) is 14.2. The maximum absolute atomic E-state index is 12.3. The second-order valence-electron chi connectivity index (χ2n) is 6.32. The third-order valence-corrected chi connectivity index (χ3v) is 4.59. The minimum absolute atomic E-state index is 0.198. The average molecular weight is 350 g/mol. The van der Waals surface area contributed by atoms with Crippen LogP contribution >= 0.6 is 0 Å². The van der Waals surface area contributed by atoms with Crippen LogP contribution < -0.4 is 0 Å². The lowest BCUT2D eigenvalue weighted by molar-refractivity contribution is -0.0360. The summed E-state index contributed by atoms with van der Waals surface area (Å²) in [5, 5.41) is 9.53. The molecule has 0 unspecified atom stereocenters. The Labute approximate surface area is 150 Å². The predicted molar refractivity (Wildman–Crippen MR) is 93.3 cm³/mol. The number of nitrogens with zero attached hydrogens (tertiary/aromatic N) is 4. The van der Waals surface area contributed by atoms with Crippen LogP contribution in [-0.2, 0) is 6.42 Å².